The van der Waals surface area contributed by atoms with E-state index < -0.39 is 17.6 Å². The van der Waals surface area contributed by atoms with E-state index in [0.717, 1.165) is 18.6 Å². The molecule has 1 amide bonds. The summed E-state index contributed by atoms with van der Waals surface area (Å²) >= 11 is 0. The summed E-state index contributed by atoms with van der Waals surface area (Å²) in [5.41, 5.74) is -0.675. The molecule has 1 aliphatic rings. The lowest BCUT2D eigenvalue weighted by Crippen LogP contribution is -2.30. The second-order valence-corrected chi connectivity index (χ2v) is 6.16. The van der Waals surface area contributed by atoms with Crippen LogP contribution in [0, 0.1) is 11.7 Å². The molecular formula is C16H20F4N2O. The molecule has 0 spiro atoms. The van der Waals surface area contributed by atoms with Crippen molar-refractivity contribution in [1.82, 2.24) is 9.80 Å². The number of hydrogen-bond acceptors (Lipinski definition) is 2. The first kappa shape index (κ1) is 17.7. The van der Waals surface area contributed by atoms with Gasteiger partial charge < -0.3 is 9.80 Å². The van der Waals surface area contributed by atoms with Gasteiger partial charge in [-0.05, 0) is 43.1 Å². The number of likely N-dealkylation sites (tertiary alicyclic amines) is 1. The Labute approximate surface area is 132 Å². The Morgan fingerprint density at radius 2 is 2.04 bits per heavy atom. The van der Waals surface area contributed by atoms with Crippen molar-refractivity contribution in [3.8, 4) is 0 Å². The Morgan fingerprint density at radius 1 is 1.35 bits per heavy atom. The molecule has 128 valence electrons. The first-order valence-electron chi connectivity index (χ1n) is 7.46. The molecular weight excluding hydrogens is 312 g/mol. The van der Waals surface area contributed by atoms with E-state index in [1.165, 1.54) is 6.92 Å². The van der Waals surface area contributed by atoms with Crippen molar-refractivity contribution in [1.29, 1.82) is 0 Å². The smallest absolute Gasteiger partial charge is 0.343 e. The average molecular weight is 332 g/mol. The first-order chi connectivity index (χ1) is 10.6. The Bertz CT molecular complexity index is 574. The van der Waals surface area contributed by atoms with E-state index in [1.54, 1.807) is 11.9 Å². The molecule has 1 aliphatic heterocycles. The van der Waals surface area contributed by atoms with Crippen LogP contribution in [0.25, 0.3) is 0 Å². The largest absolute Gasteiger partial charge is 0.416 e. The minimum absolute atomic E-state index is 0.0371. The van der Waals surface area contributed by atoms with E-state index in [9.17, 15) is 22.4 Å². The van der Waals surface area contributed by atoms with Gasteiger partial charge in [-0.3, -0.25) is 4.79 Å². The van der Waals surface area contributed by atoms with Gasteiger partial charge in [-0.2, -0.15) is 13.2 Å². The Balaban J connectivity index is 1.97. The number of hydrogen-bond donors (Lipinski definition) is 0. The van der Waals surface area contributed by atoms with Crippen molar-refractivity contribution < 1.29 is 22.4 Å². The lowest BCUT2D eigenvalue weighted by molar-refractivity contribution is -0.137. The molecule has 23 heavy (non-hydrogen) atoms. The average Bonchev–Trinajstić information content (AvgIpc) is 2.85. The first-order valence-corrected chi connectivity index (χ1v) is 7.46. The Morgan fingerprint density at radius 3 is 2.61 bits per heavy atom. The molecule has 0 N–H and O–H groups in total. The minimum Gasteiger partial charge on any atom is -0.343 e. The number of rotatable bonds is 4. The summed E-state index contributed by atoms with van der Waals surface area (Å²) in [6.45, 7) is 3.79. The summed E-state index contributed by atoms with van der Waals surface area (Å²) < 4.78 is 51.5. The molecule has 3 nitrogen and oxygen atoms in total. The molecule has 1 fully saturated rings. The van der Waals surface area contributed by atoms with Crippen molar-refractivity contribution in [2.75, 3.05) is 26.7 Å². The predicted molar refractivity (Wildman–Crippen MR) is 78.1 cm³/mol. The summed E-state index contributed by atoms with van der Waals surface area (Å²) in [7, 11) is 1.79. The molecule has 1 heterocycles. The molecule has 1 aromatic carbocycles. The zero-order valence-electron chi connectivity index (χ0n) is 13.2. The number of nitrogens with zero attached hydrogens (tertiary/aromatic N) is 2. The van der Waals surface area contributed by atoms with Crippen molar-refractivity contribution in [3.63, 3.8) is 0 Å². The number of alkyl halides is 3. The third-order valence-corrected chi connectivity index (χ3v) is 4.04. The van der Waals surface area contributed by atoms with Gasteiger partial charge in [-0.15, -0.1) is 0 Å². The monoisotopic (exact) mass is 332 g/mol. The fourth-order valence-corrected chi connectivity index (χ4v) is 2.99. The Kier molecular flexibility index (Phi) is 5.29. The third kappa shape index (κ3) is 4.92. The minimum atomic E-state index is -4.55. The molecule has 0 bridgehead atoms. The van der Waals surface area contributed by atoms with Crippen LogP contribution in [0.5, 0.6) is 0 Å². The van der Waals surface area contributed by atoms with Gasteiger partial charge >= 0.3 is 6.18 Å². The van der Waals surface area contributed by atoms with Crippen LogP contribution in [0.1, 0.15) is 24.5 Å². The quantitative estimate of drug-likeness (QED) is 0.791. The van der Waals surface area contributed by atoms with Crippen LogP contribution in [-0.4, -0.2) is 42.4 Å². The summed E-state index contributed by atoms with van der Waals surface area (Å²) in [6.07, 6.45) is -3.68. The summed E-state index contributed by atoms with van der Waals surface area (Å²) in [5, 5.41) is 0. The number of carbonyl (C=O) groups excluding carboxylic acids is 1. The van der Waals surface area contributed by atoms with E-state index in [2.05, 4.69) is 0 Å². The normalized spacial score (nSPS) is 18.7. The maximum Gasteiger partial charge on any atom is 0.416 e. The second-order valence-electron chi connectivity index (χ2n) is 6.16. The van der Waals surface area contributed by atoms with E-state index in [1.807, 2.05) is 4.90 Å². The molecule has 7 heteroatoms. The van der Waals surface area contributed by atoms with Gasteiger partial charge in [-0.1, -0.05) is 0 Å². The van der Waals surface area contributed by atoms with Crippen LogP contribution in [0.4, 0.5) is 17.6 Å². The number of benzene rings is 1. The number of amides is 1. The van der Waals surface area contributed by atoms with E-state index in [-0.39, 0.29) is 12.5 Å². The highest BCUT2D eigenvalue weighted by molar-refractivity contribution is 5.73. The Hall–Kier alpha value is -1.63. The zero-order chi connectivity index (χ0) is 17.2. The van der Waals surface area contributed by atoms with Gasteiger partial charge in [0.05, 0.1) is 5.56 Å². The molecule has 2 rings (SSSR count). The van der Waals surface area contributed by atoms with E-state index in [4.69, 9.17) is 0 Å². The van der Waals surface area contributed by atoms with Crippen molar-refractivity contribution in [2.24, 2.45) is 5.92 Å². The lowest BCUT2D eigenvalue weighted by Gasteiger charge is -2.22. The molecule has 1 atom stereocenters. The van der Waals surface area contributed by atoms with E-state index in [0.29, 0.717) is 37.2 Å². The highest BCUT2D eigenvalue weighted by Crippen LogP contribution is 2.30. The molecule has 0 radical (unpaired) electrons. The SMILES string of the molecule is CC(=O)N1CC[C@@H](CN(C)Cc2cc(F)cc(C(F)(F)F)c2)C1. The van der Waals surface area contributed by atoms with Gasteiger partial charge in [0.15, 0.2) is 0 Å². The van der Waals surface area contributed by atoms with Crippen LogP contribution in [0.2, 0.25) is 0 Å². The van der Waals surface area contributed by atoms with Gasteiger partial charge in [0, 0.05) is 33.1 Å². The van der Waals surface area contributed by atoms with Crippen LogP contribution < -0.4 is 0 Å². The second kappa shape index (κ2) is 6.86. The van der Waals surface area contributed by atoms with Crippen molar-refractivity contribution >= 4 is 5.91 Å². The summed E-state index contributed by atoms with van der Waals surface area (Å²) in [5.74, 6) is -0.554. The molecule has 0 saturated carbocycles. The predicted octanol–water partition coefficient (Wildman–Crippen LogP) is 3.14. The molecule has 1 saturated heterocycles. The highest BCUT2D eigenvalue weighted by Gasteiger charge is 2.31. The van der Waals surface area contributed by atoms with Crippen LogP contribution >= 0.6 is 0 Å². The van der Waals surface area contributed by atoms with E-state index >= 15 is 0 Å². The fraction of sp³-hybridized carbons (Fsp3) is 0.562. The maximum atomic E-state index is 13.4. The number of carbonyl (C=O) groups is 1. The summed E-state index contributed by atoms with van der Waals surface area (Å²) in [6, 6.07) is 2.61. The molecule has 1 aromatic rings. The fourth-order valence-electron chi connectivity index (χ4n) is 2.99. The van der Waals surface area contributed by atoms with Crippen LogP contribution in [0.15, 0.2) is 18.2 Å². The van der Waals surface area contributed by atoms with Gasteiger partial charge in [0.1, 0.15) is 5.82 Å². The third-order valence-electron chi connectivity index (χ3n) is 4.04. The molecule has 0 aliphatic carbocycles. The lowest BCUT2D eigenvalue weighted by atomic mass is 10.1. The van der Waals surface area contributed by atoms with Gasteiger partial charge in [-0.25, -0.2) is 4.39 Å². The van der Waals surface area contributed by atoms with Crippen molar-refractivity contribution in [3.05, 3.63) is 35.1 Å². The highest BCUT2D eigenvalue weighted by atomic mass is 19.4. The van der Waals surface area contributed by atoms with Gasteiger partial charge in [0.25, 0.3) is 0 Å². The van der Waals surface area contributed by atoms with Crippen LogP contribution in [-0.2, 0) is 17.5 Å². The topological polar surface area (TPSA) is 23.6 Å². The summed E-state index contributed by atoms with van der Waals surface area (Å²) in [4.78, 5) is 14.9. The standard InChI is InChI=1S/C16H20F4N2O/c1-11(23)22-4-3-12(10-22)8-21(2)9-13-5-14(16(18,19)20)7-15(17)6-13/h5-7,12H,3-4,8-10H2,1-2H3/t12-/m0/s1. The van der Waals surface area contributed by atoms with Crippen molar-refractivity contribution in [2.45, 2.75) is 26.1 Å². The number of halogens is 4. The molecule has 0 unspecified atom stereocenters. The molecule has 0 aromatic heterocycles. The van der Waals surface area contributed by atoms with Crippen LogP contribution in [0.3, 0.4) is 0 Å². The maximum absolute atomic E-state index is 13.4. The van der Waals surface area contributed by atoms with Gasteiger partial charge in [0.2, 0.25) is 5.91 Å². The zero-order valence-corrected chi connectivity index (χ0v) is 13.2.